The van der Waals surface area contributed by atoms with Gasteiger partial charge in [0.25, 0.3) is 0 Å². The SMILES string of the molecule is CC1(C)C[C@@H](c2cc(-c3cc(F)c(F)c(F)c3)nc(N)c2C#N)CCO1. The molecule has 136 valence electrons. The van der Waals surface area contributed by atoms with Gasteiger partial charge >= 0.3 is 0 Å². The summed E-state index contributed by atoms with van der Waals surface area (Å²) in [5.41, 5.74) is 6.73. The average molecular weight is 361 g/mol. The van der Waals surface area contributed by atoms with E-state index >= 15 is 0 Å². The number of nitrogens with two attached hydrogens (primary N) is 1. The van der Waals surface area contributed by atoms with Crippen LogP contribution in [0.2, 0.25) is 0 Å². The molecule has 3 rings (SSSR count). The number of benzene rings is 1. The molecule has 0 spiro atoms. The molecule has 2 N–H and O–H groups in total. The second-order valence-electron chi connectivity index (χ2n) is 7.02. The zero-order valence-corrected chi connectivity index (χ0v) is 14.4. The highest BCUT2D eigenvalue weighted by Gasteiger charge is 2.32. The molecule has 0 unspecified atom stereocenters. The lowest BCUT2D eigenvalue weighted by molar-refractivity contribution is -0.0593. The maximum Gasteiger partial charge on any atom is 0.194 e. The van der Waals surface area contributed by atoms with Crippen LogP contribution in [0.25, 0.3) is 11.3 Å². The Hall–Kier alpha value is -2.59. The van der Waals surface area contributed by atoms with Gasteiger partial charge in [-0.1, -0.05) is 0 Å². The first-order valence-corrected chi connectivity index (χ1v) is 8.21. The Balaban J connectivity index is 2.13. The Labute approximate surface area is 149 Å². The molecule has 1 fully saturated rings. The summed E-state index contributed by atoms with van der Waals surface area (Å²) in [7, 11) is 0. The Morgan fingerprint density at radius 2 is 1.88 bits per heavy atom. The van der Waals surface area contributed by atoms with Gasteiger partial charge in [0.2, 0.25) is 0 Å². The predicted octanol–water partition coefficient (Wildman–Crippen LogP) is 4.29. The van der Waals surface area contributed by atoms with Crippen LogP contribution in [0.3, 0.4) is 0 Å². The normalized spacial score (nSPS) is 19.2. The molecule has 0 radical (unpaired) electrons. The van der Waals surface area contributed by atoms with Crippen LogP contribution in [0, 0.1) is 28.8 Å². The molecule has 1 atom stereocenters. The summed E-state index contributed by atoms with van der Waals surface area (Å²) >= 11 is 0. The van der Waals surface area contributed by atoms with Crippen LogP contribution >= 0.6 is 0 Å². The minimum Gasteiger partial charge on any atom is -0.383 e. The number of nitrogens with zero attached hydrogens (tertiary/aromatic N) is 2. The van der Waals surface area contributed by atoms with E-state index in [1.165, 1.54) is 0 Å². The third kappa shape index (κ3) is 3.37. The van der Waals surface area contributed by atoms with Gasteiger partial charge in [-0.05, 0) is 56.4 Å². The third-order valence-corrected chi connectivity index (χ3v) is 4.61. The van der Waals surface area contributed by atoms with Gasteiger partial charge in [-0.25, -0.2) is 18.2 Å². The van der Waals surface area contributed by atoms with Gasteiger partial charge in [-0.3, -0.25) is 0 Å². The minimum absolute atomic E-state index is 0.00686. The standard InChI is InChI=1S/C19H18F3N3O/c1-19(2)8-10(3-4-26-19)12-7-16(25-18(24)13(12)9-23)11-5-14(20)17(22)15(21)6-11/h5-7,10H,3-4,8H2,1-2H3,(H2,24,25)/t10-/m0/s1. The van der Waals surface area contributed by atoms with E-state index in [9.17, 15) is 18.4 Å². The fraction of sp³-hybridized carbons (Fsp3) is 0.368. The first-order valence-electron chi connectivity index (χ1n) is 8.21. The lowest BCUT2D eigenvalue weighted by atomic mass is 9.81. The van der Waals surface area contributed by atoms with Gasteiger partial charge in [-0.2, -0.15) is 5.26 Å². The van der Waals surface area contributed by atoms with Crippen molar-refractivity contribution in [3.63, 3.8) is 0 Å². The van der Waals surface area contributed by atoms with E-state index in [1.54, 1.807) is 6.07 Å². The van der Waals surface area contributed by atoms with Crippen molar-refractivity contribution in [1.82, 2.24) is 4.98 Å². The summed E-state index contributed by atoms with van der Waals surface area (Å²) in [5, 5.41) is 9.48. The van der Waals surface area contributed by atoms with Gasteiger partial charge in [0.05, 0.1) is 16.9 Å². The molecule has 1 aromatic heterocycles. The first-order chi connectivity index (χ1) is 12.2. The molecule has 0 bridgehead atoms. The Morgan fingerprint density at radius 1 is 1.23 bits per heavy atom. The summed E-state index contributed by atoms with van der Waals surface area (Å²) in [5.74, 6) is -4.18. The highest BCUT2D eigenvalue weighted by Crippen LogP contribution is 2.39. The van der Waals surface area contributed by atoms with Crippen LogP contribution in [-0.2, 0) is 4.74 Å². The predicted molar refractivity (Wildman–Crippen MR) is 90.7 cm³/mol. The fourth-order valence-electron chi connectivity index (χ4n) is 3.38. The summed E-state index contributed by atoms with van der Waals surface area (Å²) in [6, 6.07) is 5.40. The van der Waals surface area contributed by atoms with Crippen LogP contribution in [0.15, 0.2) is 18.2 Å². The Kier molecular flexibility index (Phi) is 4.63. The summed E-state index contributed by atoms with van der Waals surface area (Å²) in [4.78, 5) is 4.09. The maximum absolute atomic E-state index is 13.6. The number of hydrogen-bond acceptors (Lipinski definition) is 4. The first kappa shape index (κ1) is 18.2. The highest BCUT2D eigenvalue weighted by molar-refractivity contribution is 5.67. The van der Waals surface area contributed by atoms with Gasteiger partial charge in [0.15, 0.2) is 17.5 Å². The summed E-state index contributed by atoms with van der Waals surface area (Å²) in [6.45, 7) is 4.45. The lowest BCUT2D eigenvalue weighted by Gasteiger charge is -2.36. The summed E-state index contributed by atoms with van der Waals surface area (Å²) < 4.78 is 46.1. The number of hydrogen-bond donors (Lipinski definition) is 1. The maximum atomic E-state index is 13.6. The quantitative estimate of drug-likeness (QED) is 0.810. The van der Waals surface area contributed by atoms with Gasteiger partial charge in [-0.15, -0.1) is 0 Å². The van der Waals surface area contributed by atoms with E-state index in [4.69, 9.17) is 10.5 Å². The zero-order valence-electron chi connectivity index (χ0n) is 14.4. The molecular formula is C19H18F3N3O. The number of aromatic nitrogens is 1. The van der Waals surface area contributed by atoms with E-state index in [2.05, 4.69) is 11.1 Å². The number of ether oxygens (including phenoxy) is 1. The van der Waals surface area contributed by atoms with Crippen LogP contribution in [0.4, 0.5) is 19.0 Å². The van der Waals surface area contributed by atoms with Crippen molar-refractivity contribution < 1.29 is 17.9 Å². The minimum atomic E-state index is -1.54. The molecule has 26 heavy (non-hydrogen) atoms. The highest BCUT2D eigenvalue weighted by atomic mass is 19.2. The van der Waals surface area contributed by atoms with E-state index < -0.39 is 17.5 Å². The molecule has 0 amide bonds. The fourth-order valence-corrected chi connectivity index (χ4v) is 3.38. The topological polar surface area (TPSA) is 71.9 Å². The summed E-state index contributed by atoms with van der Waals surface area (Å²) in [6.07, 6.45) is 1.35. The van der Waals surface area contributed by atoms with Gasteiger partial charge in [0, 0.05) is 12.2 Å². The molecule has 1 saturated heterocycles. The molecule has 1 aliphatic rings. The van der Waals surface area contributed by atoms with Crippen molar-refractivity contribution in [2.45, 2.75) is 38.2 Å². The largest absolute Gasteiger partial charge is 0.383 e. The second-order valence-corrected chi connectivity index (χ2v) is 7.02. The monoisotopic (exact) mass is 361 g/mol. The number of halogens is 3. The van der Waals surface area contributed by atoms with Crippen molar-refractivity contribution in [2.24, 2.45) is 0 Å². The number of nitriles is 1. The van der Waals surface area contributed by atoms with Crippen LogP contribution < -0.4 is 5.73 Å². The molecule has 7 heteroatoms. The van der Waals surface area contributed by atoms with Crippen molar-refractivity contribution in [3.8, 4) is 17.3 Å². The number of rotatable bonds is 2. The lowest BCUT2D eigenvalue weighted by Crippen LogP contribution is -2.33. The average Bonchev–Trinajstić information content (AvgIpc) is 2.57. The number of pyridine rings is 1. The second kappa shape index (κ2) is 6.61. The zero-order chi connectivity index (χ0) is 19.1. The molecule has 2 aromatic rings. The van der Waals surface area contributed by atoms with Crippen molar-refractivity contribution >= 4 is 5.82 Å². The van der Waals surface area contributed by atoms with E-state index in [0.29, 0.717) is 25.0 Å². The third-order valence-electron chi connectivity index (χ3n) is 4.61. The van der Waals surface area contributed by atoms with Gasteiger partial charge < -0.3 is 10.5 Å². The van der Waals surface area contributed by atoms with E-state index in [1.807, 2.05) is 13.8 Å². The van der Waals surface area contributed by atoms with Gasteiger partial charge in [0.1, 0.15) is 11.9 Å². The molecule has 0 saturated carbocycles. The Morgan fingerprint density at radius 3 is 2.46 bits per heavy atom. The van der Waals surface area contributed by atoms with Crippen LogP contribution in [-0.4, -0.2) is 17.2 Å². The van der Waals surface area contributed by atoms with Crippen molar-refractivity contribution in [3.05, 3.63) is 46.8 Å². The van der Waals surface area contributed by atoms with E-state index in [0.717, 1.165) is 12.1 Å². The van der Waals surface area contributed by atoms with Crippen LogP contribution in [0.5, 0.6) is 0 Å². The molecular weight excluding hydrogens is 343 g/mol. The van der Waals surface area contributed by atoms with Crippen LogP contribution in [0.1, 0.15) is 43.7 Å². The molecule has 4 nitrogen and oxygen atoms in total. The molecule has 1 aromatic carbocycles. The molecule has 0 aliphatic carbocycles. The van der Waals surface area contributed by atoms with E-state index in [-0.39, 0.29) is 34.2 Å². The molecule has 2 heterocycles. The van der Waals surface area contributed by atoms with Crippen molar-refractivity contribution in [1.29, 1.82) is 5.26 Å². The smallest absolute Gasteiger partial charge is 0.194 e. The number of anilines is 1. The number of nitrogen functional groups attached to an aromatic ring is 1. The molecule has 1 aliphatic heterocycles. The van der Waals surface area contributed by atoms with Crippen molar-refractivity contribution in [2.75, 3.05) is 12.3 Å². The Bertz CT molecular complexity index is 883.